The maximum absolute atomic E-state index is 12.4. The van der Waals surface area contributed by atoms with Gasteiger partial charge in [-0.2, -0.15) is 0 Å². The summed E-state index contributed by atoms with van der Waals surface area (Å²) in [6.45, 7) is 0.359. The van der Waals surface area contributed by atoms with E-state index in [9.17, 15) is 4.79 Å². The van der Waals surface area contributed by atoms with Gasteiger partial charge >= 0.3 is 0 Å². The first-order valence-corrected chi connectivity index (χ1v) is 8.30. The van der Waals surface area contributed by atoms with Crippen LogP contribution in [0.1, 0.15) is 11.1 Å². The van der Waals surface area contributed by atoms with Gasteiger partial charge in [-0.3, -0.25) is 4.79 Å². The van der Waals surface area contributed by atoms with Gasteiger partial charge in [0.15, 0.2) is 0 Å². The minimum atomic E-state index is -0.166. The number of hydrogen-bond acceptors (Lipinski definition) is 3. The Morgan fingerprint density at radius 1 is 1.16 bits per heavy atom. The Hall–Kier alpha value is -2.17. The zero-order valence-electron chi connectivity index (χ0n) is 14.3. The SMILES string of the molecule is COc1ccc(OC)c(/C=C/C(=O)N(C)Cc2cccc(Cl)c2Cl)c1. The Labute approximate surface area is 157 Å². The molecule has 0 saturated carbocycles. The molecule has 0 N–H and O–H groups in total. The smallest absolute Gasteiger partial charge is 0.246 e. The minimum absolute atomic E-state index is 0.166. The lowest BCUT2D eigenvalue weighted by molar-refractivity contribution is -0.125. The first kappa shape index (κ1) is 19.2. The summed E-state index contributed by atoms with van der Waals surface area (Å²) in [7, 11) is 4.87. The number of carbonyl (C=O) groups excluding carboxylic acids is 1. The number of rotatable bonds is 6. The van der Waals surface area contributed by atoms with Crippen molar-refractivity contribution < 1.29 is 14.3 Å². The van der Waals surface area contributed by atoms with Gasteiger partial charge in [-0.15, -0.1) is 0 Å². The summed E-state index contributed by atoms with van der Waals surface area (Å²) >= 11 is 12.2. The highest BCUT2D eigenvalue weighted by molar-refractivity contribution is 6.42. The Bertz CT molecular complexity index is 790. The van der Waals surface area contributed by atoms with Crippen molar-refractivity contribution in [2.75, 3.05) is 21.3 Å². The Morgan fingerprint density at radius 2 is 1.92 bits per heavy atom. The van der Waals surface area contributed by atoms with Crippen molar-refractivity contribution in [1.82, 2.24) is 4.90 Å². The third kappa shape index (κ3) is 4.91. The largest absolute Gasteiger partial charge is 0.497 e. The monoisotopic (exact) mass is 379 g/mol. The molecule has 0 aliphatic carbocycles. The fourth-order valence-corrected chi connectivity index (χ4v) is 2.64. The van der Waals surface area contributed by atoms with Gasteiger partial charge in [0.25, 0.3) is 0 Å². The van der Waals surface area contributed by atoms with Crippen molar-refractivity contribution in [3.8, 4) is 11.5 Å². The molecular weight excluding hydrogens is 361 g/mol. The molecule has 2 aromatic carbocycles. The number of likely N-dealkylation sites (N-methyl/N-ethyl adjacent to an activating group) is 1. The average molecular weight is 380 g/mol. The third-order valence-corrected chi connectivity index (χ3v) is 4.52. The molecule has 4 nitrogen and oxygen atoms in total. The first-order valence-electron chi connectivity index (χ1n) is 7.54. The summed E-state index contributed by atoms with van der Waals surface area (Å²) in [6.07, 6.45) is 3.18. The van der Waals surface area contributed by atoms with E-state index < -0.39 is 0 Å². The highest BCUT2D eigenvalue weighted by Gasteiger charge is 2.11. The van der Waals surface area contributed by atoms with E-state index in [-0.39, 0.29) is 5.91 Å². The molecule has 6 heteroatoms. The molecule has 0 bridgehead atoms. The maximum Gasteiger partial charge on any atom is 0.246 e. The van der Waals surface area contributed by atoms with Gasteiger partial charge < -0.3 is 14.4 Å². The van der Waals surface area contributed by atoms with Gasteiger partial charge in [0.05, 0.1) is 24.3 Å². The second-order valence-corrected chi connectivity index (χ2v) is 6.13. The third-order valence-electron chi connectivity index (χ3n) is 3.66. The summed E-state index contributed by atoms with van der Waals surface area (Å²) in [5, 5.41) is 0.930. The van der Waals surface area contributed by atoms with Gasteiger partial charge in [-0.05, 0) is 35.9 Å². The Kier molecular flexibility index (Phi) is 6.73. The van der Waals surface area contributed by atoms with Gasteiger partial charge in [0.1, 0.15) is 11.5 Å². The van der Waals surface area contributed by atoms with Gasteiger partial charge in [-0.25, -0.2) is 0 Å². The summed E-state index contributed by atoms with van der Waals surface area (Å²) in [5.74, 6) is 1.18. The summed E-state index contributed by atoms with van der Waals surface area (Å²) in [6, 6.07) is 10.7. The van der Waals surface area contributed by atoms with Gasteiger partial charge in [0.2, 0.25) is 5.91 Å². The Balaban J connectivity index is 2.13. The lowest BCUT2D eigenvalue weighted by Gasteiger charge is -2.16. The first-order chi connectivity index (χ1) is 12.0. The molecule has 0 saturated heterocycles. The lowest BCUT2D eigenvalue weighted by Crippen LogP contribution is -2.24. The van der Waals surface area contributed by atoms with Crippen LogP contribution >= 0.6 is 23.2 Å². The highest BCUT2D eigenvalue weighted by atomic mass is 35.5. The van der Waals surface area contributed by atoms with Crippen LogP contribution in [0, 0.1) is 0 Å². The average Bonchev–Trinajstić information content (AvgIpc) is 2.63. The summed E-state index contributed by atoms with van der Waals surface area (Å²) in [5.41, 5.74) is 1.54. The molecule has 0 aliphatic heterocycles. The van der Waals surface area contributed by atoms with Crippen LogP contribution in [0.5, 0.6) is 11.5 Å². The molecule has 0 atom stereocenters. The van der Waals surface area contributed by atoms with E-state index in [4.69, 9.17) is 32.7 Å². The predicted molar refractivity (Wildman–Crippen MR) is 102 cm³/mol. The molecule has 2 aromatic rings. The number of nitrogens with zero attached hydrogens (tertiary/aromatic N) is 1. The van der Waals surface area contributed by atoms with E-state index in [0.29, 0.717) is 28.1 Å². The Morgan fingerprint density at radius 3 is 2.60 bits per heavy atom. The van der Waals surface area contributed by atoms with Crippen LogP contribution in [-0.2, 0) is 11.3 Å². The number of methoxy groups -OCH3 is 2. The molecule has 0 heterocycles. The van der Waals surface area contributed by atoms with E-state index in [2.05, 4.69) is 0 Å². The zero-order chi connectivity index (χ0) is 18.4. The number of ether oxygens (including phenoxy) is 2. The maximum atomic E-state index is 12.4. The summed E-state index contributed by atoms with van der Waals surface area (Å²) in [4.78, 5) is 13.9. The number of benzene rings is 2. The quantitative estimate of drug-likeness (QED) is 0.683. The van der Waals surface area contributed by atoms with E-state index in [1.165, 1.54) is 6.08 Å². The predicted octanol–water partition coefficient (Wildman–Crippen LogP) is 4.68. The summed E-state index contributed by atoms with van der Waals surface area (Å²) < 4.78 is 10.5. The molecule has 1 amide bonds. The number of carbonyl (C=O) groups is 1. The van der Waals surface area contributed by atoms with Crippen LogP contribution in [0.2, 0.25) is 10.0 Å². The molecule has 0 aliphatic rings. The van der Waals surface area contributed by atoms with E-state index in [1.54, 1.807) is 62.6 Å². The number of halogens is 2. The van der Waals surface area contributed by atoms with Gasteiger partial charge in [-0.1, -0.05) is 35.3 Å². The lowest BCUT2D eigenvalue weighted by atomic mass is 10.1. The van der Waals surface area contributed by atoms with Crippen LogP contribution in [0.25, 0.3) is 6.08 Å². The zero-order valence-corrected chi connectivity index (χ0v) is 15.8. The molecular formula is C19H19Cl2NO3. The molecule has 25 heavy (non-hydrogen) atoms. The van der Waals surface area contributed by atoms with E-state index in [0.717, 1.165) is 11.1 Å². The number of hydrogen-bond donors (Lipinski definition) is 0. The fraction of sp³-hybridized carbons (Fsp3) is 0.211. The van der Waals surface area contributed by atoms with Crippen molar-refractivity contribution in [2.24, 2.45) is 0 Å². The topological polar surface area (TPSA) is 38.8 Å². The van der Waals surface area contributed by atoms with Crippen molar-refractivity contribution in [1.29, 1.82) is 0 Å². The second-order valence-electron chi connectivity index (χ2n) is 5.35. The molecule has 0 spiro atoms. The van der Waals surface area contributed by atoms with Crippen molar-refractivity contribution >= 4 is 35.2 Å². The highest BCUT2D eigenvalue weighted by Crippen LogP contribution is 2.27. The normalized spacial score (nSPS) is 10.8. The molecule has 0 aromatic heterocycles. The fourth-order valence-electron chi connectivity index (χ4n) is 2.26. The van der Waals surface area contributed by atoms with Crippen LogP contribution in [0.15, 0.2) is 42.5 Å². The minimum Gasteiger partial charge on any atom is -0.497 e. The van der Waals surface area contributed by atoms with Gasteiger partial charge in [0, 0.05) is 25.2 Å². The van der Waals surface area contributed by atoms with Crippen LogP contribution in [0.4, 0.5) is 0 Å². The van der Waals surface area contributed by atoms with Crippen LogP contribution < -0.4 is 9.47 Å². The molecule has 0 radical (unpaired) electrons. The van der Waals surface area contributed by atoms with Crippen LogP contribution in [-0.4, -0.2) is 32.1 Å². The second kappa shape index (κ2) is 8.79. The van der Waals surface area contributed by atoms with Crippen molar-refractivity contribution in [2.45, 2.75) is 6.54 Å². The van der Waals surface area contributed by atoms with Crippen LogP contribution in [0.3, 0.4) is 0 Å². The van der Waals surface area contributed by atoms with E-state index >= 15 is 0 Å². The number of amides is 1. The molecule has 132 valence electrons. The molecule has 0 unspecified atom stereocenters. The van der Waals surface area contributed by atoms with Crippen molar-refractivity contribution in [3.63, 3.8) is 0 Å². The standard InChI is InChI=1S/C19H19Cl2NO3/c1-22(12-14-5-4-6-16(20)19(14)21)18(23)10-7-13-11-15(24-2)8-9-17(13)25-3/h4-11H,12H2,1-3H3/b10-7+. The van der Waals surface area contributed by atoms with E-state index in [1.807, 2.05) is 6.07 Å². The molecule has 0 fully saturated rings. The van der Waals surface area contributed by atoms with Crippen molar-refractivity contribution in [3.05, 3.63) is 63.6 Å². The molecule has 2 rings (SSSR count).